The number of methoxy groups -OCH3 is 2. The fraction of sp³-hybridized carbons (Fsp3) is 0.357. The average Bonchev–Trinajstić information content (AvgIpc) is 2.55. The highest BCUT2D eigenvalue weighted by Gasteiger charge is 2.09. The molecule has 0 spiro atoms. The predicted molar refractivity (Wildman–Crippen MR) is 88.3 cm³/mol. The van der Waals surface area contributed by atoms with E-state index in [-0.39, 0.29) is 6.29 Å². The van der Waals surface area contributed by atoms with Crippen molar-refractivity contribution in [1.82, 2.24) is 15.0 Å². The normalized spacial score (nSPS) is 11.0. The summed E-state index contributed by atoms with van der Waals surface area (Å²) in [6, 6.07) is 5.48. The zero-order valence-electron chi connectivity index (χ0n) is 12.5. The summed E-state index contributed by atoms with van der Waals surface area (Å²) in [4.78, 5) is 12.9. The standard InChI is InChI=1S/C14H17ClN4O2S/c1-20-13(21-2)8-17-12-7-10(18-14(19-12)22-3)9-4-5-16-11(15)6-9/h4-7,13H,8H2,1-3H3,(H,17,18,19). The summed E-state index contributed by atoms with van der Waals surface area (Å²) in [6.07, 6.45) is 3.24. The Morgan fingerprint density at radius 1 is 1.27 bits per heavy atom. The van der Waals surface area contributed by atoms with Crippen molar-refractivity contribution in [1.29, 1.82) is 0 Å². The van der Waals surface area contributed by atoms with Gasteiger partial charge in [0, 0.05) is 32.0 Å². The van der Waals surface area contributed by atoms with Crippen LogP contribution in [0.3, 0.4) is 0 Å². The summed E-state index contributed by atoms with van der Waals surface area (Å²) < 4.78 is 10.3. The van der Waals surface area contributed by atoms with Gasteiger partial charge in [-0.15, -0.1) is 0 Å². The molecule has 0 radical (unpaired) electrons. The molecule has 0 aliphatic rings. The fourth-order valence-corrected chi connectivity index (χ4v) is 2.32. The minimum Gasteiger partial charge on any atom is -0.365 e. The van der Waals surface area contributed by atoms with E-state index < -0.39 is 0 Å². The summed E-state index contributed by atoms with van der Waals surface area (Å²) in [5, 5.41) is 4.28. The van der Waals surface area contributed by atoms with Crippen molar-refractivity contribution < 1.29 is 9.47 Å². The number of aromatic nitrogens is 3. The highest BCUT2D eigenvalue weighted by atomic mass is 35.5. The molecule has 0 bridgehead atoms. The zero-order chi connectivity index (χ0) is 15.9. The predicted octanol–water partition coefficient (Wildman–Crippen LogP) is 2.94. The number of nitrogens with zero attached hydrogens (tertiary/aromatic N) is 3. The third kappa shape index (κ3) is 4.54. The van der Waals surface area contributed by atoms with Gasteiger partial charge in [-0.2, -0.15) is 0 Å². The van der Waals surface area contributed by atoms with Gasteiger partial charge in [-0.3, -0.25) is 0 Å². The maximum Gasteiger partial charge on any atom is 0.189 e. The first-order valence-electron chi connectivity index (χ1n) is 6.50. The molecule has 0 fully saturated rings. The number of rotatable bonds is 7. The maximum absolute atomic E-state index is 5.94. The number of anilines is 1. The van der Waals surface area contributed by atoms with Crippen LogP contribution in [0.25, 0.3) is 11.3 Å². The Hall–Kier alpha value is -1.41. The minimum absolute atomic E-state index is 0.341. The van der Waals surface area contributed by atoms with E-state index in [2.05, 4.69) is 20.3 Å². The van der Waals surface area contributed by atoms with E-state index in [4.69, 9.17) is 21.1 Å². The maximum atomic E-state index is 5.94. The molecule has 2 aromatic rings. The van der Waals surface area contributed by atoms with Gasteiger partial charge in [-0.1, -0.05) is 23.4 Å². The minimum atomic E-state index is -0.341. The van der Waals surface area contributed by atoms with Crippen LogP contribution in [0.15, 0.2) is 29.6 Å². The van der Waals surface area contributed by atoms with Gasteiger partial charge in [0.25, 0.3) is 0 Å². The van der Waals surface area contributed by atoms with Crippen molar-refractivity contribution in [2.24, 2.45) is 0 Å². The molecule has 2 heterocycles. The molecule has 0 aliphatic carbocycles. The highest BCUT2D eigenvalue weighted by molar-refractivity contribution is 7.98. The molecule has 0 atom stereocenters. The number of nitrogens with one attached hydrogen (secondary N) is 1. The topological polar surface area (TPSA) is 69.2 Å². The summed E-state index contributed by atoms with van der Waals surface area (Å²) in [6.45, 7) is 0.481. The molecule has 0 unspecified atom stereocenters. The van der Waals surface area contributed by atoms with Crippen LogP contribution in [0.2, 0.25) is 5.15 Å². The largest absolute Gasteiger partial charge is 0.365 e. The fourth-order valence-electron chi connectivity index (χ4n) is 1.77. The second kappa shape index (κ2) is 8.28. The second-order valence-corrected chi connectivity index (χ2v) is 5.43. The van der Waals surface area contributed by atoms with Crippen LogP contribution in [0.5, 0.6) is 0 Å². The van der Waals surface area contributed by atoms with Gasteiger partial charge in [-0.05, 0) is 18.4 Å². The molecule has 2 rings (SSSR count). The Labute approximate surface area is 138 Å². The molecule has 22 heavy (non-hydrogen) atoms. The van der Waals surface area contributed by atoms with Crippen molar-refractivity contribution in [2.75, 3.05) is 32.3 Å². The number of hydrogen-bond acceptors (Lipinski definition) is 7. The SMILES string of the molecule is COC(CNc1cc(-c2ccnc(Cl)c2)nc(SC)n1)OC. The lowest BCUT2D eigenvalue weighted by Crippen LogP contribution is -2.24. The molecule has 0 saturated heterocycles. The third-order valence-corrected chi connectivity index (χ3v) is 3.64. The number of thioether (sulfide) groups is 1. The van der Waals surface area contributed by atoms with E-state index in [0.29, 0.717) is 22.7 Å². The zero-order valence-corrected chi connectivity index (χ0v) is 14.1. The summed E-state index contributed by atoms with van der Waals surface area (Å²) in [5.41, 5.74) is 1.66. The Balaban J connectivity index is 2.26. The molecule has 8 heteroatoms. The van der Waals surface area contributed by atoms with E-state index in [1.165, 1.54) is 11.8 Å². The van der Waals surface area contributed by atoms with Gasteiger partial charge in [0.1, 0.15) is 11.0 Å². The Kier molecular flexibility index (Phi) is 6.38. The molecule has 0 aliphatic heterocycles. The monoisotopic (exact) mass is 340 g/mol. The molecule has 2 aromatic heterocycles. The van der Waals surface area contributed by atoms with E-state index in [0.717, 1.165) is 11.3 Å². The average molecular weight is 341 g/mol. The number of hydrogen-bond donors (Lipinski definition) is 1. The molecule has 0 amide bonds. The lowest BCUT2D eigenvalue weighted by molar-refractivity contribution is -0.0914. The van der Waals surface area contributed by atoms with Crippen LogP contribution in [0, 0.1) is 0 Å². The number of pyridine rings is 1. The lowest BCUT2D eigenvalue weighted by atomic mass is 10.2. The van der Waals surface area contributed by atoms with Gasteiger partial charge in [-0.25, -0.2) is 15.0 Å². The highest BCUT2D eigenvalue weighted by Crippen LogP contribution is 2.24. The number of halogens is 1. The van der Waals surface area contributed by atoms with Crippen LogP contribution in [0.1, 0.15) is 0 Å². The van der Waals surface area contributed by atoms with Gasteiger partial charge in [0.15, 0.2) is 11.4 Å². The van der Waals surface area contributed by atoms with Crippen molar-refractivity contribution in [3.05, 3.63) is 29.5 Å². The third-order valence-electron chi connectivity index (χ3n) is 2.89. The van der Waals surface area contributed by atoms with Crippen molar-refractivity contribution >= 4 is 29.2 Å². The van der Waals surface area contributed by atoms with Crippen molar-refractivity contribution in [3.8, 4) is 11.3 Å². The van der Waals surface area contributed by atoms with Crippen molar-refractivity contribution in [3.63, 3.8) is 0 Å². The molecular formula is C14H17ClN4O2S. The molecule has 118 valence electrons. The van der Waals surface area contributed by atoms with Crippen LogP contribution in [-0.4, -0.2) is 48.3 Å². The summed E-state index contributed by atoms with van der Waals surface area (Å²) in [7, 11) is 3.18. The van der Waals surface area contributed by atoms with Gasteiger partial charge in [0.2, 0.25) is 0 Å². The summed E-state index contributed by atoms with van der Waals surface area (Å²) in [5.74, 6) is 0.696. The molecule has 1 N–H and O–H groups in total. The smallest absolute Gasteiger partial charge is 0.189 e. The summed E-state index contributed by atoms with van der Waals surface area (Å²) >= 11 is 7.41. The molecule has 6 nitrogen and oxygen atoms in total. The van der Waals surface area contributed by atoms with Crippen LogP contribution in [-0.2, 0) is 9.47 Å². The number of ether oxygens (including phenoxy) is 2. The van der Waals surface area contributed by atoms with E-state index in [9.17, 15) is 0 Å². The molecule has 0 aromatic carbocycles. The molecule has 0 saturated carbocycles. The first-order valence-corrected chi connectivity index (χ1v) is 8.11. The van der Waals surface area contributed by atoms with E-state index in [1.54, 1.807) is 26.5 Å². The van der Waals surface area contributed by atoms with E-state index >= 15 is 0 Å². The quantitative estimate of drug-likeness (QED) is 0.359. The van der Waals surface area contributed by atoms with Crippen LogP contribution >= 0.6 is 23.4 Å². The van der Waals surface area contributed by atoms with Crippen molar-refractivity contribution in [2.45, 2.75) is 11.4 Å². The Morgan fingerprint density at radius 2 is 2.05 bits per heavy atom. The molecular weight excluding hydrogens is 324 g/mol. The van der Waals surface area contributed by atoms with Crippen LogP contribution in [0.4, 0.5) is 5.82 Å². The van der Waals surface area contributed by atoms with E-state index in [1.807, 2.05) is 18.4 Å². The Bertz CT molecular complexity index is 626. The first kappa shape index (κ1) is 17.0. The van der Waals surface area contributed by atoms with Gasteiger partial charge >= 0.3 is 0 Å². The van der Waals surface area contributed by atoms with Gasteiger partial charge in [0.05, 0.1) is 12.2 Å². The van der Waals surface area contributed by atoms with Gasteiger partial charge < -0.3 is 14.8 Å². The first-order chi connectivity index (χ1) is 10.7. The second-order valence-electron chi connectivity index (χ2n) is 4.27. The Morgan fingerprint density at radius 3 is 2.68 bits per heavy atom. The lowest BCUT2D eigenvalue weighted by Gasteiger charge is -2.15. The van der Waals surface area contributed by atoms with Crippen LogP contribution < -0.4 is 5.32 Å².